The molecule has 6 heteroatoms. The van der Waals surface area contributed by atoms with Gasteiger partial charge in [-0.1, -0.05) is 19.3 Å². The molecule has 2 N–H and O–H groups in total. The lowest BCUT2D eigenvalue weighted by Crippen LogP contribution is -2.57. The molecule has 3 fully saturated rings. The van der Waals surface area contributed by atoms with E-state index in [-0.39, 0.29) is 23.5 Å². The number of nitrogens with one attached hydrogen (secondary N) is 2. The predicted molar refractivity (Wildman–Crippen MR) is 93.0 cm³/mol. The molecule has 1 aliphatic carbocycles. The summed E-state index contributed by atoms with van der Waals surface area (Å²) in [6.45, 7) is 8.99. The SMILES string of the molecule is C[C@H]1OCCN[C@@H]1C(=O)NCC1(CN2CCOCC2)CCCCC1. The summed E-state index contributed by atoms with van der Waals surface area (Å²) in [4.78, 5) is 15.1. The van der Waals surface area contributed by atoms with Gasteiger partial charge in [-0.3, -0.25) is 9.69 Å². The highest BCUT2D eigenvalue weighted by Gasteiger charge is 2.36. The van der Waals surface area contributed by atoms with Crippen LogP contribution in [0.15, 0.2) is 0 Å². The van der Waals surface area contributed by atoms with Gasteiger partial charge in [0.05, 0.1) is 25.9 Å². The predicted octanol–water partition coefficient (Wildman–Crippen LogP) is 0.762. The quantitative estimate of drug-likeness (QED) is 0.774. The van der Waals surface area contributed by atoms with Crippen molar-refractivity contribution in [3.05, 3.63) is 0 Å². The molecule has 2 atom stereocenters. The zero-order valence-corrected chi connectivity index (χ0v) is 15.0. The highest BCUT2D eigenvalue weighted by atomic mass is 16.5. The van der Waals surface area contributed by atoms with Crippen LogP contribution in [0.25, 0.3) is 0 Å². The van der Waals surface area contributed by atoms with E-state index in [4.69, 9.17) is 9.47 Å². The molecule has 3 aliphatic rings. The van der Waals surface area contributed by atoms with Crippen molar-refractivity contribution in [3.8, 4) is 0 Å². The molecule has 0 aromatic heterocycles. The second kappa shape index (κ2) is 8.61. The van der Waals surface area contributed by atoms with Gasteiger partial charge in [-0.15, -0.1) is 0 Å². The number of ether oxygens (including phenoxy) is 2. The van der Waals surface area contributed by atoms with E-state index >= 15 is 0 Å². The molecule has 6 nitrogen and oxygen atoms in total. The Morgan fingerprint density at radius 2 is 1.96 bits per heavy atom. The fourth-order valence-corrected chi connectivity index (χ4v) is 4.34. The Morgan fingerprint density at radius 1 is 1.21 bits per heavy atom. The van der Waals surface area contributed by atoms with Crippen LogP contribution < -0.4 is 10.6 Å². The monoisotopic (exact) mass is 339 g/mol. The van der Waals surface area contributed by atoms with Gasteiger partial charge in [-0.2, -0.15) is 0 Å². The first-order chi connectivity index (χ1) is 11.7. The fraction of sp³-hybridized carbons (Fsp3) is 0.944. The third-order valence-electron chi connectivity index (χ3n) is 5.81. The van der Waals surface area contributed by atoms with Gasteiger partial charge in [-0.25, -0.2) is 0 Å². The molecule has 2 saturated heterocycles. The van der Waals surface area contributed by atoms with Gasteiger partial charge in [0.2, 0.25) is 5.91 Å². The Morgan fingerprint density at radius 3 is 2.67 bits per heavy atom. The lowest BCUT2D eigenvalue weighted by Gasteiger charge is -2.42. The summed E-state index contributed by atoms with van der Waals surface area (Å²) in [6.07, 6.45) is 6.26. The Bertz CT molecular complexity index is 406. The number of carbonyl (C=O) groups is 1. The van der Waals surface area contributed by atoms with Crippen molar-refractivity contribution in [3.63, 3.8) is 0 Å². The second-order valence-corrected chi connectivity index (χ2v) is 7.67. The van der Waals surface area contributed by atoms with Crippen molar-refractivity contribution in [2.75, 3.05) is 52.5 Å². The van der Waals surface area contributed by atoms with Crippen LogP contribution >= 0.6 is 0 Å². The van der Waals surface area contributed by atoms with E-state index in [0.717, 1.165) is 45.9 Å². The van der Waals surface area contributed by atoms with E-state index in [1.807, 2.05) is 6.92 Å². The van der Waals surface area contributed by atoms with E-state index in [9.17, 15) is 4.79 Å². The fourth-order valence-electron chi connectivity index (χ4n) is 4.34. The average molecular weight is 339 g/mol. The number of hydrogen-bond donors (Lipinski definition) is 2. The zero-order valence-electron chi connectivity index (χ0n) is 15.0. The second-order valence-electron chi connectivity index (χ2n) is 7.67. The molecule has 138 valence electrons. The molecule has 2 heterocycles. The molecule has 1 saturated carbocycles. The highest BCUT2D eigenvalue weighted by Crippen LogP contribution is 2.36. The van der Waals surface area contributed by atoms with E-state index in [1.54, 1.807) is 0 Å². The molecule has 3 rings (SSSR count). The van der Waals surface area contributed by atoms with Crippen LogP contribution in [0.4, 0.5) is 0 Å². The van der Waals surface area contributed by atoms with Crippen molar-refractivity contribution in [1.82, 2.24) is 15.5 Å². The maximum absolute atomic E-state index is 12.6. The molecular formula is C18H33N3O3. The van der Waals surface area contributed by atoms with Crippen LogP contribution in [0, 0.1) is 5.41 Å². The normalized spacial score (nSPS) is 31.5. The maximum atomic E-state index is 12.6. The lowest BCUT2D eigenvalue weighted by molar-refractivity contribution is -0.129. The minimum atomic E-state index is -0.220. The zero-order chi connectivity index (χ0) is 16.8. The summed E-state index contributed by atoms with van der Waals surface area (Å²) in [5.41, 5.74) is 0.226. The standard InChI is InChI=1S/C18H33N3O3/c1-15-16(19-7-10-24-15)17(22)20-13-18(5-3-2-4-6-18)14-21-8-11-23-12-9-21/h15-16,19H,2-14H2,1H3,(H,20,22)/t15-,16+/m1/s1. The van der Waals surface area contributed by atoms with Gasteiger partial charge >= 0.3 is 0 Å². The molecule has 1 amide bonds. The third-order valence-corrected chi connectivity index (χ3v) is 5.81. The van der Waals surface area contributed by atoms with Crippen LogP contribution in [0.2, 0.25) is 0 Å². The smallest absolute Gasteiger partial charge is 0.239 e. The molecule has 0 aromatic carbocycles. The number of morpholine rings is 2. The first kappa shape index (κ1) is 18.1. The van der Waals surface area contributed by atoms with Gasteiger partial charge in [0.1, 0.15) is 6.04 Å². The third kappa shape index (κ3) is 4.69. The topological polar surface area (TPSA) is 62.8 Å². The summed E-state index contributed by atoms with van der Waals surface area (Å²) in [5.74, 6) is 0.0918. The Hall–Kier alpha value is -0.690. The number of amides is 1. The summed E-state index contributed by atoms with van der Waals surface area (Å²) in [7, 11) is 0. The van der Waals surface area contributed by atoms with E-state index < -0.39 is 0 Å². The average Bonchev–Trinajstić information content (AvgIpc) is 2.62. The molecule has 2 aliphatic heterocycles. The lowest BCUT2D eigenvalue weighted by atomic mass is 9.73. The van der Waals surface area contributed by atoms with Crippen LogP contribution in [0.1, 0.15) is 39.0 Å². The molecule has 0 spiro atoms. The van der Waals surface area contributed by atoms with Crippen LogP contribution in [-0.2, 0) is 14.3 Å². The van der Waals surface area contributed by atoms with Crippen molar-refractivity contribution in [2.24, 2.45) is 5.41 Å². The summed E-state index contributed by atoms with van der Waals surface area (Å²) in [5, 5.41) is 6.53. The summed E-state index contributed by atoms with van der Waals surface area (Å²) >= 11 is 0. The number of hydrogen-bond acceptors (Lipinski definition) is 5. The van der Waals surface area contributed by atoms with E-state index in [0.29, 0.717) is 6.61 Å². The number of rotatable bonds is 5. The Balaban J connectivity index is 1.56. The minimum absolute atomic E-state index is 0.0553. The van der Waals surface area contributed by atoms with Gasteiger partial charge < -0.3 is 20.1 Å². The summed E-state index contributed by atoms with van der Waals surface area (Å²) in [6, 6.07) is -0.220. The Kier molecular flexibility index (Phi) is 6.49. The molecule has 0 radical (unpaired) electrons. The van der Waals surface area contributed by atoms with Crippen LogP contribution in [-0.4, -0.2) is 75.5 Å². The molecule has 0 aromatic rings. The number of carbonyl (C=O) groups excluding carboxylic acids is 1. The first-order valence-corrected chi connectivity index (χ1v) is 9.61. The van der Waals surface area contributed by atoms with Gasteiger partial charge in [0, 0.05) is 38.1 Å². The molecular weight excluding hydrogens is 306 g/mol. The Labute approximate surface area is 145 Å². The van der Waals surface area contributed by atoms with Gasteiger partial charge in [0.15, 0.2) is 0 Å². The van der Waals surface area contributed by atoms with Crippen molar-refractivity contribution >= 4 is 5.91 Å². The van der Waals surface area contributed by atoms with Crippen LogP contribution in [0.3, 0.4) is 0 Å². The van der Waals surface area contributed by atoms with Crippen molar-refractivity contribution in [2.45, 2.75) is 51.2 Å². The number of nitrogens with zero attached hydrogens (tertiary/aromatic N) is 1. The minimum Gasteiger partial charge on any atom is -0.379 e. The maximum Gasteiger partial charge on any atom is 0.239 e. The molecule has 24 heavy (non-hydrogen) atoms. The molecule has 0 bridgehead atoms. The van der Waals surface area contributed by atoms with Crippen LogP contribution in [0.5, 0.6) is 0 Å². The summed E-state index contributed by atoms with van der Waals surface area (Å²) < 4.78 is 11.1. The first-order valence-electron chi connectivity index (χ1n) is 9.61. The van der Waals surface area contributed by atoms with Crippen molar-refractivity contribution in [1.29, 1.82) is 0 Å². The highest BCUT2D eigenvalue weighted by molar-refractivity contribution is 5.82. The largest absolute Gasteiger partial charge is 0.379 e. The molecule has 0 unspecified atom stereocenters. The van der Waals surface area contributed by atoms with E-state index in [1.165, 1.54) is 32.1 Å². The van der Waals surface area contributed by atoms with Gasteiger partial charge in [-0.05, 0) is 19.8 Å². The van der Waals surface area contributed by atoms with E-state index in [2.05, 4.69) is 15.5 Å². The van der Waals surface area contributed by atoms with Gasteiger partial charge in [0.25, 0.3) is 0 Å². The van der Waals surface area contributed by atoms with Crippen molar-refractivity contribution < 1.29 is 14.3 Å².